The Morgan fingerprint density at radius 2 is 1.53 bits per heavy atom. The van der Waals surface area contributed by atoms with Gasteiger partial charge in [0, 0.05) is 16.8 Å². The van der Waals surface area contributed by atoms with Gasteiger partial charge in [0.05, 0.1) is 0 Å². The SMILES string of the molecule is Cc1cc(NC(=O)C(C)(C)Oc2ccc(C(C)(C)C)cc2)ccc1NC(=O)c1cc2ccccc2o1. The molecule has 2 amide bonds. The molecule has 1 heterocycles. The maximum absolute atomic E-state index is 13.0. The third-order valence-corrected chi connectivity index (χ3v) is 6.02. The number of fused-ring (bicyclic) bond motifs is 1. The van der Waals surface area contributed by atoms with E-state index in [9.17, 15) is 9.59 Å². The predicted molar refractivity (Wildman–Crippen MR) is 144 cm³/mol. The minimum Gasteiger partial charge on any atom is -0.478 e. The van der Waals surface area contributed by atoms with Gasteiger partial charge in [0.15, 0.2) is 11.4 Å². The number of hydrogen-bond donors (Lipinski definition) is 2. The normalized spacial score (nSPS) is 11.8. The van der Waals surface area contributed by atoms with E-state index in [1.165, 1.54) is 5.56 Å². The second-order valence-electron chi connectivity index (χ2n) is 10.5. The van der Waals surface area contributed by atoms with Crippen molar-refractivity contribution in [2.24, 2.45) is 0 Å². The molecule has 0 spiro atoms. The summed E-state index contributed by atoms with van der Waals surface area (Å²) in [5, 5.41) is 6.66. The summed E-state index contributed by atoms with van der Waals surface area (Å²) in [6, 6.07) is 22.3. The van der Waals surface area contributed by atoms with Gasteiger partial charge in [0.1, 0.15) is 11.3 Å². The van der Waals surface area contributed by atoms with E-state index in [2.05, 4.69) is 31.4 Å². The standard InChI is InChI=1S/C30H32N2O4/c1-19-17-22(13-16-24(19)32-27(33)26-18-20-9-7-8-10-25(20)35-26)31-28(34)30(5,6)36-23-14-11-21(12-15-23)29(2,3)4/h7-18H,1-6H3,(H,31,34)(H,32,33). The number of nitrogens with one attached hydrogen (secondary N) is 2. The molecule has 0 unspecified atom stereocenters. The Kier molecular flexibility index (Phi) is 6.63. The first kappa shape index (κ1) is 25.0. The van der Waals surface area contributed by atoms with Gasteiger partial charge in [-0.2, -0.15) is 0 Å². The second-order valence-corrected chi connectivity index (χ2v) is 10.5. The highest BCUT2D eigenvalue weighted by molar-refractivity contribution is 6.05. The van der Waals surface area contributed by atoms with Crippen LogP contribution in [0.3, 0.4) is 0 Å². The van der Waals surface area contributed by atoms with Crippen molar-refractivity contribution in [2.45, 2.75) is 52.6 Å². The van der Waals surface area contributed by atoms with Crippen LogP contribution < -0.4 is 15.4 Å². The van der Waals surface area contributed by atoms with E-state index in [0.717, 1.165) is 10.9 Å². The molecule has 0 aliphatic heterocycles. The number of ether oxygens (including phenoxy) is 1. The first-order chi connectivity index (χ1) is 16.9. The summed E-state index contributed by atoms with van der Waals surface area (Å²) < 4.78 is 11.6. The van der Waals surface area contributed by atoms with Crippen molar-refractivity contribution < 1.29 is 18.7 Å². The molecule has 0 saturated heterocycles. The third kappa shape index (κ3) is 5.60. The molecule has 4 rings (SSSR count). The Morgan fingerprint density at radius 3 is 2.17 bits per heavy atom. The average molecular weight is 485 g/mol. The maximum Gasteiger partial charge on any atom is 0.291 e. The number of benzene rings is 3. The summed E-state index contributed by atoms with van der Waals surface area (Å²) in [5.74, 6) is 0.254. The number of amides is 2. The highest BCUT2D eigenvalue weighted by Gasteiger charge is 2.30. The molecular formula is C30H32N2O4. The van der Waals surface area contributed by atoms with Gasteiger partial charge < -0.3 is 19.8 Å². The lowest BCUT2D eigenvalue weighted by molar-refractivity contribution is -0.128. The van der Waals surface area contributed by atoms with Crippen molar-refractivity contribution in [2.75, 3.05) is 10.6 Å². The summed E-state index contributed by atoms with van der Waals surface area (Å²) in [6.45, 7) is 11.8. The molecule has 0 aliphatic carbocycles. The van der Waals surface area contributed by atoms with Crippen LogP contribution in [0.4, 0.5) is 11.4 Å². The van der Waals surface area contributed by atoms with Crippen molar-refractivity contribution >= 4 is 34.2 Å². The lowest BCUT2D eigenvalue weighted by Crippen LogP contribution is -2.42. The van der Waals surface area contributed by atoms with Gasteiger partial charge in [-0.3, -0.25) is 9.59 Å². The summed E-state index contributed by atoms with van der Waals surface area (Å²) in [4.78, 5) is 25.7. The quantitative estimate of drug-likeness (QED) is 0.306. The fourth-order valence-electron chi connectivity index (χ4n) is 3.80. The summed E-state index contributed by atoms with van der Waals surface area (Å²) in [5.41, 5.74) is 2.85. The fourth-order valence-corrected chi connectivity index (χ4v) is 3.80. The van der Waals surface area contributed by atoms with Crippen LogP contribution in [0, 0.1) is 6.92 Å². The Labute approximate surface area is 211 Å². The lowest BCUT2D eigenvalue weighted by atomic mass is 9.87. The average Bonchev–Trinajstić information content (AvgIpc) is 3.25. The Balaban J connectivity index is 1.40. The van der Waals surface area contributed by atoms with Crippen LogP contribution in [-0.4, -0.2) is 17.4 Å². The van der Waals surface area contributed by atoms with Crippen LogP contribution in [0.1, 0.15) is 56.3 Å². The maximum atomic E-state index is 13.0. The van der Waals surface area contributed by atoms with Crippen LogP contribution in [-0.2, 0) is 10.2 Å². The van der Waals surface area contributed by atoms with Gasteiger partial charge in [-0.1, -0.05) is 51.1 Å². The molecule has 36 heavy (non-hydrogen) atoms. The fraction of sp³-hybridized carbons (Fsp3) is 0.267. The van der Waals surface area contributed by atoms with Crippen molar-refractivity contribution in [3.8, 4) is 5.75 Å². The Hall–Kier alpha value is -4.06. The first-order valence-electron chi connectivity index (χ1n) is 11.9. The molecular weight excluding hydrogens is 452 g/mol. The molecule has 0 atom stereocenters. The molecule has 3 aromatic carbocycles. The molecule has 1 aromatic heterocycles. The minimum absolute atomic E-state index is 0.0426. The molecule has 2 N–H and O–H groups in total. The number of hydrogen-bond acceptors (Lipinski definition) is 4. The van der Waals surface area contributed by atoms with E-state index in [0.29, 0.717) is 22.7 Å². The Morgan fingerprint density at radius 1 is 0.833 bits per heavy atom. The van der Waals surface area contributed by atoms with Gasteiger partial charge in [0.25, 0.3) is 11.8 Å². The minimum atomic E-state index is -1.09. The number of carbonyl (C=O) groups excluding carboxylic acids is 2. The highest BCUT2D eigenvalue weighted by Crippen LogP contribution is 2.27. The molecule has 0 bridgehead atoms. The highest BCUT2D eigenvalue weighted by atomic mass is 16.5. The van der Waals surface area contributed by atoms with Gasteiger partial charge >= 0.3 is 0 Å². The number of rotatable bonds is 6. The van der Waals surface area contributed by atoms with Crippen molar-refractivity contribution in [3.63, 3.8) is 0 Å². The van der Waals surface area contributed by atoms with Crippen LogP contribution in [0.2, 0.25) is 0 Å². The van der Waals surface area contributed by atoms with E-state index >= 15 is 0 Å². The van der Waals surface area contributed by atoms with E-state index < -0.39 is 5.60 Å². The third-order valence-electron chi connectivity index (χ3n) is 6.02. The molecule has 0 aliphatic rings. The zero-order valence-corrected chi connectivity index (χ0v) is 21.6. The largest absolute Gasteiger partial charge is 0.478 e. The smallest absolute Gasteiger partial charge is 0.291 e. The van der Waals surface area contributed by atoms with Gasteiger partial charge in [0.2, 0.25) is 0 Å². The molecule has 0 radical (unpaired) electrons. The monoisotopic (exact) mass is 484 g/mol. The number of aryl methyl sites for hydroxylation is 1. The predicted octanol–water partition coefficient (Wildman–Crippen LogP) is 7.09. The second kappa shape index (κ2) is 9.53. The van der Waals surface area contributed by atoms with Gasteiger partial charge in [-0.05, 0) is 79.8 Å². The van der Waals surface area contributed by atoms with Crippen LogP contribution >= 0.6 is 0 Å². The number of carbonyl (C=O) groups is 2. The Bertz CT molecular complexity index is 1380. The molecule has 186 valence electrons. The van der Waals surface area contributed by atoms with Crippen molar-refractivity contribution in [3.05, 3.63) is 89.7 Å². The topological polar surface area (TPSA) is 80.6 Å². The molecule has 0 fully saturated rings. The molecule has 6 heteroatoms. The summed E-state index contributed by atoms with van der Waals surface area (Å²) >= 11 is 0. The van der Waals surface area contributed by atoms with Gasteiger partial charge in [-0.15, -0.1) is 0 Å². The molecule has 4 aromatic rings. The zero-order chi connectivity index (χ0) is 26.1. The zero-order valence-electron chi connectivity index (χ0n) is 21.6. The van der Waals surface area contributed by atoms with Crippen molar-refractivity contribution in [1.29, 1.82) is 0 Å². The van der Waals surface area contributed by atoms with E-state index in [1.807, 2.05) is 55.5 Å². The van der Waals surface area contributed by atoms with Gasteiger partial charge in [-0.25, -0.2) is 0 Å². The van der Waals surface area contributed by atoms with E-state index in [4.69, 9.17) is 9.15 Å². The van der Waals surface area contributed by atoms with Crippen LogP contribution in [0.5, 0.6) is 5.75 Å². The molecule has 6 nitrogen and oxygen atoms in total. The number of furan rings is 1. The van der Waals surface area contributed by atoms with E-state index in [-0.39, 0.29) is 23.0 Å². The lowest BCUT2D eigenvalue weighted by Gasteiger charge is -2.26. The van der Waals surface area contributed by atoms with E-state index in [1.54, 1.807) is 38.1 Å². The van der Waals surface area contributed by atoms with Crippen LogP contribution in [0.15, 0.2) is 77.2 Å². The number of para-hydroxylation sites is 1. The van der Waals surface area contributed by atoms with Crippen LogP contribution in [0.25, 0.3) is 11.0 Å². The summed E-state index contributed by atoms with van der Waals surface area (Å²) in [6.07, 6.45) is 0. The molecule has 0 saturated carbocycles. The summed E-state index contributed by atoms with van der Waals surface area (Å²) in [7, 11) is 0. The first-order valence-corrected chi connectivity index (χ1v) is 11.9. The van der Waals surface area contributed by atoms with Crippen molar-refractivity contribution in [1.82, 2.24) is 0 Å². The number of anilines is 2.